The van der Waals surface area contributed by atoms with Gasteiger partial charge in [-0.3, -0.25) is 14.4 Å². The van der Waals surface area contributed by atoms with E-state index in [1.165, 1.54) is 7.11 Å². The molecule has 0 amide bonds. The van der Waals surface area contributed by atoms with Gasteiger partial charge < -0.3 is 9.84 Å². The van der Waals surface area contributed by atoms with Crippen molar-refractivity contribution >= 4 is 45.7 Å². The minimum absolute atomic E-state index is 0.0560. The van der Waals surface area contributed by atoms with Gasteiger partial charge in [0.1, 0.15) is 11.4 Å². The summed E-state index contributed by atoms with van der Waals surface area (Å²) in [5, 5.41) is 11.6. The molecule has 4 aliphatic rings. The first kappa shape index (κ1) is 22.2. The first-order valence-electron chi connectivity index (χ1n) is 10.8. The first-order chi connectivity index (χ1) is 14.1. The van der Waals surface area contributed by atoms with Gasteiger partial charge in [-0.15, -0.1) is 0 Å². The third kappa shape index (κ3) is 3.06. The van der Waals surface area contributed by atoms with Crippen molar-refractivity contribution in [3.63, 3.8) is 0 Å². The molecule has 0 saturated heterocycles. The molecule has 0 aliphatic heterocycles. The molecule has 4 aliphatic carbocycles. The number of thioether (sulfide) groups is 1. The maximum atomic E-state index is 13.6. The number of thiocarbonyl (C=S) groups is 1. The summed E-state index contributed by atoms with van der Waals surface area (Å²) in [5.74, 6) is 0.285. The van der Waals surface area contributed by atoms with Gasteiger partial charge in [-0.1, -0.05) is 31.2 Å². The quantitative estimate of drug-likeness (QED) is 0.657. The number of aliphatic hydroxyl groups is 1. The van der Waals surface area contributed by atoms with E-state index in [1.807, 2.05) is 6.92 Å². The summed E-state index contributed by atoms with van der Waals surface area (Å²) in [4.78, 5) is 38.6. The van der Waals surface area contributed by atoms with Crippen LogP contribution in [0.1, 0.15) is 58.8 Å². The van der Waals surface area contributed by atoms with Crippen molar-refractivity contribution in [3.8, 4) is 0 Å². The van der Waals surface area contributed by atoms with Crippen LogP contribution in [0.4, 0.5) is 0 Å². The Balaban J connectivity index is 1.63. The largest absolute Gasteiger partial charge is 0.482 e. The van der Waals surface area contributed by atoms with E-state index in [4.69, 9.17) is 17.0 Å². The number of carbonyl (C=O) groups excluding carboxylic acids is 3. The fourth-order valence-electron chi connectivity index (χ4n) is 7.15. The van der Waals surface area contributed by atoms with Crippen LogP contribution in [0.5, 0.6) is 0 Å². The third-order valence-electron chi connectivity index (χ3n) is 8.76. The van der Waals surface area contributed by atoms with Gasteiger partial charge in [0.15, 0.2) is 11.6 Å². The maximum absolute atomic E-state index is 13.6. The fourth-order valence-corrected chi connectivity index (χ4v) is 7.93. The number of fused-ring (bicyclic) bond motifs is 5. The summed E-state index contributed by atoms with van der Waals surface area (Å²) in [6, 6.07) is 0. The molecular weight excluding hydrogens is 420 g/mol. The van der Waals surface area contributed by atoms with E-state index in [9.17, 15) is 19.5 Å². The number of hydrogen-bond donors (Lipinski definition) is 1. The van der Waals surface area contributed by atoms with Crippen molar-refractivity contribution in [3.05, 3.63) is 11.6 Å². The Labute approximate surface area is 187 Å². The number of methoxy groups -OCH3 is 1. The highest BCUT2D eigenvalue weighted by Gasteiger charge is 2.68. The number of rotatable bonds is 3. The molecule has 0 heterocycles. The summed E-state index contributed by atoms with van der Waals surface area (Å²) in [5.41, 5.74) is -1.39. The first-order valence-corrected chi connectivity index (χ1v) is 12.2. The van der Waals surface area contributed by atoms with Gasteiger partial charge in [-0.05, 0) is 67.6 Å². The zero-order valence-electron chi connectivity index (χ0n) is 17.9. The van der Waals surface area contributed by atoms with Crippen LogP contribution in [0, 0.1) is 28.6 Å². The molecule has 4 rings (SSSR count). The van der Waals surface area contributed by atoms with Crippen LogP contribution in [0.25, 0.3) is 0 Å². The Morgan fingerprint density at radius 3 is 2.70 bits per heavy atom. The molecular formula is C23H30O5S2. The molecule has 0 bridgehead atoms. The highest BCUT2D eigenvalue weighted by atomic mass is 32.2. The molecule has 0 aromatic rings. The lowest BCUT2D eigenvalue weighted by atomic mass is 9.46. The van der Waals surface area contributed by atoms with E-state index in [1.54, 1.807) is 6.08 Å². The second-order valence-electron chi connectivity index (χ2n) is 9.97. The minimum atomic E-state index is -1.51. The molecule has 6 atom stereocenters. The van der Waals surface area contributed by atoms with Crippen LogP contribution in [-0.2, 0) is 19.1 Å². The maximum Gasteiger partial charge on any atom is 0.220 e. The SMILES string of the molecule is COC(=S)SCC(=O)[C@@]1(O)CC[C@H]2[C@@H]3CCC4=CC(=O)CC[C@]4(C)[C@H]3C(=O)C[C@@]21C. The van der Waals surface area contributed by atoms with Crippen LogP contribution in [0.2, 0.25) is 0 Å². The molecule has 0 aromatic carbocycles. The summed E-state index contributed by atoms with van der Waals surface area (Å²) < 4.78 is 5.24. The van der Waals surface area contributed by atoms with Gasteiger partial charge in [0.25, 0.3) is 0 Å². The lowest BCUT2D eigenvalue weighted by molar-refractivity contribution is -0.167. The Kier molecular flexibility index (Phi) is 5.55. The highest BCUT2D eigenvalue weighted by Crippen LogP contribution is 2.66. The molecule has 3 fully saturated rings. The number of ether oxygens (including phenoxy) is 1. The molecule has 1 N–H and O–H groups in total. The monoisotopic (exact) mass is 450 g/mol. The average Bonchev–Trinajstić information content (AvgIpc) is 2.97. The lowest BCUT2D eigenvalue weighted by Gasteiger charge is -2.57. The Morgan fingerprint density at radius 2 is 2.00 bits per heavy atom. The van der Waals surface area contributed by atoms with Crippen LogP contribution < -0.4 is 0 Å². The molecule has 5 nitrogen and oxygen atoms in total. The molecule has 164 valence electrons. The Bertz CT molecular complexity index is 851. The van der Waals surface area contributed by atoms with Gasteiger partial charge in [-0.25, -0.2) is 0 Å². The van der Waals surface area contributed by atoms with Gasteiger partial charge in [0.2, 0.25) is 4.38 Å². The van der Waals surface area contributed by atoms with Gasteiger partial charge in [0.05, 0.1) is 12.9 Å². The fraction of sp³-hybridized carbons (Fsp3) is 0.739. The summed E-state index contributed by atoms with van der Waals surface area (Å²) in [6.45, 7) is 4.09. The van der Waals surface area contributed by atoms with Crippen LogP contribution >= 0.6 is 24.0 Å². The van der Waals surface area contributed by atoms with Gasteiger partial charge >= 0.3 is 0 Å². The van der Waals surface area contributed by atoms with Gasteiger partial charge in [-0.2, -0.15) is 0 Å². The smallest absolute Gasteiger partial charge is 0.220 e. The van der Waals surface area contributed by atoms with Crippen LogP contribution in [0.15, 0.2) is 11.6 Å². The Morgan fingerprint density at radius 1 is 1.27 bits per heavy atom. The third-order valence-corrected chi connectivity index (χ3v) is 10.1. The summed E-state index contributed by atoms with van der Waals surface area (Å²) in [7, 11) is 1.46. The van der Waals surface area contributed by atoms with Crippen molar-refractivity contribution in [2.45, 2.75) is 64.4 Å². The van der Waals surface area contributed by atoms with Crippen LogP contribution in [0.3, 0.4) is 0 Å². The van der Waals surface area contributed by atoms with Crippen molar-refractivity contribution in [2.24, 2.45) is 28.6 Å². The topological polar surface area (TPSA) is 80.7 Å². The van der Waals surface area contributed by atoms with E-state index in [2.05, 4.69) is 6.92 Å². The standard InChI is InChI=1S/C23H30O5S2/c1-21-8-6-14(24)10-13(21)4-5-15-16-7-9-23(27,18(26)12-30-20(29)28-3)22(16,2)11-17(25)19(15)21/h10,15-16,19,27H,4-9,11-12H2,1-3H3/t15-,16-,19+,21-,22-,23-/m0/s1. The zero-order chi connectivity index (χ0) is 21.9. The van der Waals surface area contributed by atoms with Gasteiger partial charge in [0, 0.05) is 24.2 Å². The van der Waals surface area contributed by atoms with Crippen molar-refractivity contribution < 1.29 is 24.2 Å². The minimum Gasteiger partial charge on any atom is -0.482 e. The molecule has 0 spiro atoms. The number of carbonyl (C=O) groups is 3. The summed E-state index contributed by atoms with van der Waals surface area (Å²) in [6.07, 6.45) is 6.04. The van der Waals surface area contributed by atoms with E-state index in [-0.39, 0.29) is 57.1 Å². The second kappa shape index (κ2) is 7.52. The normalized spacial score (nSPS) is 42.7. The zero-order valence-corrected chi connectivity index (χ0v) is 19.5. The lowest BCUT2D eigenvalue weighted by Crippen LogP contribution is -2.60. The number of Topliss-reactive ketones (excluding diaryl/α,β-unsaturated/α-hetero) is 2. The molecule has 0 radical (unpaired) electrons. The molecule has 0 unspecified atom stereocenters. The Hall–Kier alpha value is -1.05. The van der Waals surface area contributed by atoms with E-state index in [0.29, 0.717) is 12.8 Å². The average molecular weight is 451 g/mol. The second-order valence-corrected chi connectivity index (χ2v) is 11.5. The highest BCUT2D eigenvalue weighted by molar-refractivity contribution is 8.23. The van der Waals surface area contributed by atoms with E-state index in [0.717, 1.165) is 43.0 Å². The predicted molar refractivity (Wildman–Crippen MR) is 119 cm³/mol. The van der Waals surface area contributed by atoms with Crippen molar-refractivity contribution in [2.75, 3.05) is 12.9 Å². The van der Waals surface area contributed by atoms with E-state index < -0.39 is 11.0 Å². The molecule has 7 heteroatoms. The van der Waals surface area contributed by atoms with Crippen LogP contribution in [-0.4, -0.2) is 45.3 Å². The summed E-state index contributed by atoms with van der Waals surface area (Å²) >= 11 is 6.14. The van der Waals surface area contributed by atoms with E-state index >= 15 is 0 Å². The number of ketones is 3. The van der Waals surface area contributed by atoms with Crippen molar-refractivity contribution in [1.29, 1.82) is 0 Å². The van der Waals surface area contributed by atoms with Crippen molar-refractivity contribution in [1.82, 2.24) is 0 Å². The number of allylic oxidation sites excluding steroid dienone is 1. The predicted octanol–water partition coefficient (Wildman–Crippen LogP) is 3.66. The molecule has 0 aromatic heterocycles. The molecule has 30 heavy (non-hydrogen) atoms. The molecule has 3 saturated carbocycles. The number of hydrogen-bond acceptors (Lipinski definition) is 7.